The molecule has 0 radical (unpaired) electrons. The number of carbonyl (C=O) groups is 1. The van der Waals surface area contributed by atoms with Gasteiger partial charge < -0.3 is 14.7 Å². The number of phenolic OH excluding ortho intramolecular Hbond substituents is 1. The molecule has 5 nitrogen and oxygen atoms in total. The molecule has 1 amide bonds. The molecule has 0 spiro atoms. The van der Waals surface area contributed by atoms with Crippen LogP contribution in [0.25, 0.3) is 0 Å². The van der Waals surface area contributed by atoms with Crippen molar-refractivity contribution < 1.29 is 14.6 Å². The highest BCUT2D eigenvalue weighted by Gasteiger charge is 2.30. The Labute approximate surface area is 113 Å². The number of fused-ring (bicyclic) bond motifs is 1. The number of aromatic hydroxyl groups is 1. The lowest BCUT2D eigenvalue weighted by Gasteiger charge is -2.36. The predicted molar refractivity (Wildman–Crippen MR) is 75.0 cm³/mol. The van der Waals surface area contributed by atoms with Crippen LogP contribution in [0.4, 0.5) is 16.2 Å². The third-order valence-corrected chi connectivity index (χ3v) is 2.94. The fraction of sp³-hybridized carbons (Fsp3) is 0.500. The van der Waals surface area contributed by atoms with Crippen LogP contribution in [0.2, 0.25) is 0 Å². The van der Waals surface area contributed by atoms with Gasteiger partial charge in [-0.25, -0.2) is 4.79 Å². The zero-order chi connectivity index (χ0) is 14.2. The number of para-hydroxylation sites is 1. The van der Waals surface area contributed by atoms with Gasteiger partial charge in [0.25, 0.3) is 0 Å². The molecule has 0 saturated heterocycles. The molecule has 0 saturated carbocycles. The second-order valence-electron chi connectivity index (χ2n) is 5.70. The summed E-state index contributed by atoms with van der Waals surface area (Å²) in [5, 5.41) is 9.94. The van der Waals surface area contributed by atoms with Gasteiger partial charge in [-0.1, -0.05) is 6.07 Å². The van der Waals surface area contributed by atoms with E-state index in [0.29, 0.717) is 24.5 Å². The molecule has 0 bridgehead atoms. The number of benzene rings is 1. The Morgan fingerprint density at radius 2 is 2.00 bits per heavy atom. The number of hydrogen-bond acceptors (Lipinski definition) is 4. The van der Waals surface area contributed by atoms with Crippen LogP contribution in [0.15, 0.2) is 18.2 Å². The van der Waals surface area contributed by atoms with Gasteiger partial charge in [-0.2, -0.15) is 0 Å². The number of anilines is 2. The van der Waals surface area contributed by atoms with Gasteiger partial charge in [-0.15, -0.1) is 0 Å². The first-order chi connectivity index (χ1) is 8.79. The summed E-state index contributed by atoms with van der Waals surface area (Å²) in [7, 11) is 1.89. The topological polar surface area (TPSA) is 53.0 Å². The normalized spacial score (nSPS) is 15.2. The molecule has 2 rings (SSSR count). The molecule has 0 aliphatic carbocycles. The Hall–Kier alpha value is -1.91. The summed E-state index contributed by atoms with van der Waals surface area (Å²) < 4.78 is 5.40. The number of hydrogen-bond donors (Lipinski definition) is 1. The van der Waals surface area contributed by atoms with Gasteiger partial charge in [-0.3, -0.25) is 4.90 Å². The molecule has 0 unspecified atom stereocenters. The van der Waals surface area contributed by atoms with E-state index in [9.17, 15) is 9.90 Å². The van der Waals surface area contributed by atoms with E-state index in [2.05, 4.69) is 0 Å². The molecule has 1 N–H and O–H groups in total. The Kier molecular flexibility index (Phi) is 3.30. The van der Waals surface area contributed by atoms with Gasteiger partial charge in [0.2, 0.25) is 0 Å². The summed E-state index contributed by atoms with van der Waals surface area (Å²) >= 11 is 0. The van der Waals surface area contributed by atoms with Crippen LogP contribution < -0.4 is 9.80 Å². The highest BCUT2D eigenvalue weighted by molar-refractivity contribution is 5.95. The molecule has 1 aliphatic heterocycles. The van der Waals surface area contributed by atoms with Gasteiger partial charge in [0.05, 0.1) is 5.69 Å². The van der Waals surface area contributed by atoms with Crippen molar-refractivity contribution in [3.63, 3.8) is 0 Å². The van der Waals surface area contributed by atoms with E-state index in [4.69, 9.17) is 4.74 Å². The largest absolute Gasteiger partial charge is 0.506 e. The van der Waals surface area contributed by atoms with E-state index in [-0.39, 0.29) is 11.8 Å². The fourth-order valence-electron chi connectivity index (χ4n) is 2.12. The average molecular weight is 264 g/mol. The number of phenols is 1. The van der Waals surface area contributed by atoms with Gasteiger partial charge in [0.15, 0.2) is 0 Å². The molecule has 1 aromatic rings. The summed E-state index contributed by atoms with van der Waals surface area (Å²) in [5.41, 5.74) is 0.819. The zero-order valence-electron chi connectivity index (χ0n) is 11.8. The van der Waals surface area contributed by atoms with E-state index in [0.717, 1.165) is 0 Å². The van der Waals surface area contributed by atoms with E-state index < -0.39 is 5.60 Å². The van der Waals surface area contributed by atoms with Crippen LogP contribution in [0.3, 0.4) is 0 Å². The van der Waals surface area contributed by atoms with Crippen LogP contribution in [-0.2, 0) is 4.74 Å². The molecule has 19 heavy (non-hydrogen) atoms. The van der Waals surface area contributed by atoms with E-state index in [1.54, 1.807) is 17.0 Å². The number of nitrogens with zero attached hydrogens (tertiary/aromatic N) is 2. The van der Waals surface area contributed by atoms with Crippen LogP contribution in [-0.4, -0.2) is 36.9 Å². The van der Waals surface area contributed by atoms with E-state index >= 15 is 0 Å². The summed E-state index contributed by atoms with van der Waals surface area (Å²) in [4.78, 5) is 15.7. The van der Waals surface area contributed by atoms with Crippen molar-refractivity contribution in [2.45, 2.75) is 26.4 Å². The lowest BCUT2D eigenvalue weighted by atomic mass is 10.1. The van der Waals surface area contributed by atoms with Crippen molar-refractivity contribution >= 4 is 17.5 Å². The average Bonchev–Trinajstić information content (AvgIpc) is 2.26. The van der Waals surface area contributed by atoms with Crippen LogP contribution in [0, 0.1) is 0 Å². The molecule has 0 aromatic heterocycles. The summed E-state index contributed by atoms with van der Waals surface area (Å²) in [5.74, 6) is 0.174. The second kappa shape index (κ2) is 4.64. The van der Waals surface area contributed by atoms with Crippen molar-refractivity contribution in [1.29, 1.82) is 0 Å². The Balaban J connectivity index is 2.34. The molecule has 0 fully saturated rings. The SMILES string of the molecule is CN1CCN(C(=O)OC(C)(C)C)c2cccc(O)c21. The molecule has 0 atom stereocenters. The lowest BCUT2D eigenvalue weighted by Crippen LogP contribution is -2.44. The maximum absolute atomic E-state index is 12.2. The fourth-order valence-corrected chi connectivity index (χ4v) is 2.12. The third kappa shape index (κ3) is 2.75. The van der Waals surface area contributed by atoms with Crippen molar-refractivity contribution in [2.75, 3.05) is 29.9 Å². The van der Waals surface area contributed by atoms with Crippen molar-refractivity contribution in [2.24, 2.45) is 0 Å². The standard InChI is InChI=1S/C14H20N2O3/c1-14(2,3)19-13(18)16-9-8-15(4)12-10(16)6-5-7-11(12)17/h5-7,17H,8-9H2,1-4H3. The number of amides is 1. The lowest BCUT2D eigenvalue weighted by molar-refractivity contribution is 0.0580. The Morgan fingerprint density at radius 1 is 1.32 bits per heavy atom. The van der Waals surface area contributed by atoms with Gasteiger partial charge >= 0.3 is 6.09 Å². The first kappa shape index (κ1) is 13.5. The van der Waals surface area contributed by atoms with Crippen molar-refractivity contribution in [3.05, 3.63) is 18.2 Å². The van der Waals surface area contributed by atoms with E-state index in [1.165, 1.54) is 0 Å². The maximum Gasteiger partial charge on any atom is 0.414 e. The molecular formula is C14H20N2O3. The number of ether oxygens (including phenoxy) is 1. The van der Waals surface area contributed by atoms with Gasteiger partial charge in [0.1, 0.15) is 17.0 Å². The summed E-state index contributed by atoms with van der Waals surface area (Å²) in [6, 6.07) is 5.16. The molecule has 5 heteroatoms. The summed E-state index contributed by atoms with van der Waals surface area (Å²) in [6.45, 7) is 6.71. The van der Waals surface area contributed by atoms with Crippen LogP contribution >= 0.6 is 0 Å². The molecule has 1 aliphatic rings. The van der Waals surface area contributed by atoms with E-state index in [1.807, 2.05) is 38.8 Å². The highest BCUT2D eigenvalue weighted by atomic mass is 16.6. The number of carbonyl (C=O) groups excluding carboxylic acids is 1. The highest BCUT2D eigenvalue weighted by Crippen LogP contribution is 2.39. The summed E-state index contributed by atoms with van der Waals surface area (Å²) in [6.07, 6.45) is -0.382. The number of rotatable bonds is 0. The van der Waals surface area contributed by atoms with Gasteiger partial charge in [0, 0.05) is 20.1 Å². The first-order valence-corrected chi connectivity index (χ1v) is 6.33. The van der Waals surface area contributed by atoms with Crippen LogP contribution in [0.1, 0.15) is 20.8 Å². The third-order valence-electron chi connectivity index (χ3n) is 2.94. The predicted octanol–water partition coefficient (Wildman–Crippen LogP) is 2.58. The molecule has 104 valence electrons. The first-order valence-electron chi connectivity index (χ1n) is 6.33. The quantitative estimate of drug-likeness (QED) is 0.782. The minimum atomic E-state index is -0.530. The Bertz CT molecular complexity index is 494. The minimum Gasteiger partial charge on any atom is -0.506 e. The smallest absolute Gasteiger partial charge is 0.414 e. The van der Waals surface area contributed by atoms with Crippen molar-refractivity contribution in [3.8, 4) is 5.75 Å². The van der Waals surface area contributed by atoms with Crippen molar-refractivity contribution in [1.82, 2.24) is 0 Å². The Morgan fingerprint density at radius 3 is 2.63 bits per heavy atom. The molecule has 1 aromatic carbocycles. The second-order valence-corrected chi connectivity index (χ2v) is 5.70. The molecule has 1 heterocycles. The maximum atomic E-state index is 12.2. The van der Waals surface area contributed by atoms with Gasteiger partial charge in [-0.05, 0) is 32.9 Å². The minimum absolute atomic E-state index is 0.174. The number of likely N-dealkylation sites (N-methyl/N-ethyl adjacent to an activating group) is 1. The molecular weight excluding hydrogens is 244 g/mol. The van der Waals surface area contributed by atoms with Crippen LogP contribution in [0.5, 0.6) is 5.75 Å². The zero-order valence-corrected chi connectivity index (χ0v) is 11.8. The monoisotopic (exact) mass is 264 g/mol.